The quantitative estimate of drug-likeness (QED) is 0.503. The van der Waals surface area contributed by atoms with Crippen LogP contribution in [0.25, 0.3) is 11.6 Å². The van der Waals surface area contributed by atoms with Crippen LogP contribution in [0.1, 0.15) is 35.1 Å². The van der Waals surface area contributed by atoms with Crippen molar-refractivity contribution in [2.45, 2.75) is 25.2 Å². The number of ether oxygens (including phenoxy) is 1. The smallest absolute Gasteiger partial charge is 0.257 e. The molecular formula is C24H23NO6. The molecule has 0 bridgehead atoms. The molecule has 7 heteroatoms. The lowest BCUT2D eigenvalue weighted by Crippen LogP contribution is -2.52. The molecule has 0 aliphatic carbocycles. The van der Waals surface area contributed by atoms with Gasteiger partial charge in [0, 0.05) is 12.7 Å². The Bertz CT molecular complexity index is 1150. The second-order valence-electron chi connectivity index (χ2n) is 7.41. The number of amides is 1. The van der Waals surface area contributed by atoms with Crippen LogP contribution in [0.2, 0.25) is 0 Å². The van der Waals surface area contributed by atoms with Gasteiger partial charge in [0.05, 0.1) is 11.3 Å². The fraction of sp³-hybridized carbons (Fsp3) is 0.208. The van der Waals surface area contributed by atoms with Gasteiger partial charge in [-0.15, -0.1) is 0 Å². The number of hydrogen-bond acceptors (Lipinski definition) is 6. The number of rotatable bonds is 5. The highest BCUT2D eigenvalue weighted by Crippen LogP contribution is 2.48. The molecule has 1 amide bonds. The Hall–Kier alpha value is -3.39. The van der Waals surface area contributed by atoms with Crippen LogP contribution in [0.5, 0.6) is 5.75 Å². The number of phenolic OH excluding ortho intramolecular Hbond substituents is 1. The number of fused-ring (bicyclic) bond motifs is 1. The number of carbonyl (C=O) groups is 1. The van der Waals surface area contributed by atoms with Crippen molar-refractivity contribution in [1.82, 2.24) is 0 Å². The van der Waals surface area contributed by atoms with Gasteiger partial charge >= 0.3 is 0 Å². The number of aliphatic hydroxyl groups is 2. The first-order valence-electron chi connectivity index (χ1n) is 9.76. The van der Waals surface area contributed by atoms with Crippen LogP contribution in [-0.2, 0) is 21.7 Å². The minimum atomic E-state index is -1.90. The van der Waals surface area contributed by atoms with Crippen molar-refractivity contribution in [1.29, 1.82) is 0 Å². The molecule has 0 spiro atoms. The van der Waals surface area contributed by atoms with Gasteiger partial charge in [0.15, 0.2) is 11.7 Å². The van der Waals surface area contributed by atoms with E-state index in [0.29, 0.717) is 33.9 Å². The van der Waals surface area contributed by atoms with Gasteiger partial charge in [-0.25, -0.2) is 0 Å². The molecule has 1 aromatic heterocycles. The van der Waals surface area contributed by atoms with Crippen LogP contribution in [0.4, 0.5) is 5.69 Å². The summed E-state index contributed by atoms with van der Waals surface area (Å²) in [5, 5.41) is 34.9. The number of hydrogen-bond donors (Lipinski definition) is 4. The highest BCUT2D eigenvalue weighted by Gasteiger charge is 2.51. The van der Waals surface area contributed by atoms with Crippen LogP contribution in [0.15, 0.2) is 59.0 Å². The molecule has 2 heterocycles. The lowest BCUT2D eigenvalue weighted by molar-refractivity contribution is -0.142. The fourth-order valence-electron chi connectivity index (χ4n) is 3.98. The Morgan fingerprint density at radius 1 is 1.19 bits per heavy atom. The number of nitrogens with one attached hydrogen (secondary N) is 1. The molecule has 2 atom stereocenters. The monoisotopic (exact) mass is 421 g/mol. The third-order valence-corrected chi connectivity index (χ3v) is 5.49. The van der Waals surface area contributed by atoms with Gasteiger partial charge in [0.2, 0.25) is 0 Å². The van der Waals surface area contributed by atoms with Crippen molar-refractivity contribution < 1.29 is 29.3 Å². The number of allylic oxidation sites excluding steroid dienone is 1. The Morgan fingerprint density at radius 2 is 1.94 bits per heavy atom. The Balaban J connectivity index is 1.89. The van der Waals surface area contributed by atoms with Gasteiger partial charge in [0.1, 0.15) is 23.9 Å². The third kappa shape index (κ3) is 3.42. The fourth-order valence-corrected chi connectivity index (χ4v) is 3.98. The van der Waals surface area contributed by atoms with Gasteiger partial charge in [0.25, 0.3) is 5.91 Å². The van der Waals surface area contributed by atoms with E-state index >= 15 is 0 Å². The molecule has 4 rings (SSSR count). The average Bonchev–Trinajstić information content (AvgIpc) is 3.26. The molecule has 0 saturated heterocycles. The molecule has 160 valence electrons. The van der Waals surface area contributed by atoms with E-state index in [-0.39, 0.29) is 17.9 Å². The summed E-state index contributed by atoms with van der Waals surface area (Å²) in [6, 6.07) is 15.3. The standard InChI is InChI=1S/C24H23NO6/c1-14(19-11-9-17(13-26)31-19)12-15-8-10-18-20(21(15)27)24(29,16-6-4-3-5-7-16)22(30-2)23(28)25-18/h3-12,22,26-27,29H,13H2,1-2H3,(H,25,28)/b14-12+. The molecule has 0 radical (unpaired) electrons. The van der Waals surface area contributed by atoms with E-state index in [0.717, 1.165) is 0 Å². The summed E-state index contributed by atoms with van der Waals surface area (Å²) in [6.45, 7) is 1.60. The maximum absolute atomic E-state index is 12.6. The number of phenols is 1. The number of benzene rings is 2. The van der Waals surface area contributed by atoms with Gasteiger partial charge in [-0.1, -0.05) is 30.3 Å². The Morgan fingerprint density at radius 3 is 2.58 bits per heavy atom. The molecule has 0 saturated carbocycles. The van der Waals surface area contributed by atoms with E-state index in [2.05, 4.69) is 5.32 Å². The molecule has 31 heavy (non-hydrogen) atoms. The SMILES string of the molecule is COC1C(=O)Nc2ccc(/C=C(\C)c3ccc(CO)o3)c(O)c2C1(O)c1ccccc1. The molecule has 2 unspecified atom stereocenters. The summed E-state index contributed by atoms with van der Waals surface area (Å²) >= 11 is 0. The number of methoxy groups -OCH3 is 1. The molecule has 4 N–H and O–H groups in total. The van der Waals surface area contributed by atoms with Crippen LogP contribution in [-0.4, -0.2) is 34.4 Å². The predicted octanol–water partition coefficient (Wildman–Crippen LogP) is 3.24. The Labute approximate surface area is 179 Å². The van der Waals surface area contributed by atoms with Gasteiger partial charge < -0.3 is 29.8 Å². The number of aromatic hydroxyl groups is 1. The van der Waals surface area contributed by atoms with Crippen LogP contribution < -0.4 is 5.32 Å². The third-order valence-electron chi connectivity index (χ3n) is 5.49. The highest BCUT2D eigenvalue weighted by molar-refractivity contribution is 6.01. The largest absolute Gasteiger partial charge is 0.507 e. The Kier molecular flexibility index (Phi) is 5.41. The normalized spacial score (nSPS) is 21.0. The van der Waals surface area contributed by atoms with E-state index in [9.17, 15) is 20.1 Å². The average molecular weight is 421 g/mol. The molecule has 7 nitrogen and oxygen atoms in total. The van der Waals surface area contributed by atoms with Crippen molar-refractivity contribution >= 4 is 23.2 Å². The summed E-state index contributed by atoms with van der Waals surface area (Å²) in [5.74, 6) is 0.288. The van der Waals surface area contributed by atoms with Gasteiger partial charge in [-0.2, -0.15) is 0 Å². The van der Waals surface area contributed by atoms with Crippen molar-refractivity contribution in [2.24, 2.45) is 0 Å². The van der Waals surface area contributed by atoms with Crippen LogP contribution in [0, 0.1) is 0 Å². The molecule has 0 fully saturated rings. The number of carbonyl (C=O) groups excluding carboxylic acids is 1. The summed E-state index contributed by atoms with van der Waals surface area (Å²) in [7, 11) is 1.34. The van der Waals surface area contributed by atoms with E-state index in [4.69, 9.17) is 9.15 Å². The minimum Gasteiger partial charge on any atom is -0.507 e. The van der Waals surface area contributed by atoms with E-state index < -0.39 is 17.6 Å². The first-order chi connectivity index (χ1) is 14.9. The van der Waals surface area contributed by atoms with Crippen molar-refractivity contribution in [3.8, 4) is 5.75 Å². The molecule has 1 aliphatic heterocycles. The van der Waals surface area contributed by atoms with E-state index in [1.165, 1.54) is 7.11 Å². The zero-order chi connectivity index (χ0) is 22.2. The predicted molar refractivity (Wildman–Crippen MR) is 115 cm³/mol. The van der Waals surface area contributed by atoms with Gasteiger partial charge in [-0.05, 0) is 48.4 Å². The van der Waals surface area contributed by atoms with E-state index in [1.807, 2.05) is 6.92 Å². The van der Waals surface area contributed by atoms with Crippen molar-refractivity contribution in [3.05, 3.63) is 82.8 Å². The van der Waals surface area contributed by atoms with Crippen molar-refractivity contribution in [2.75, 3.05) is 12.4 Å². The highest BCUT2D eigenvalue weighted by atomic mass is 16.5. The molecule has 2 aromatic carbocycles. The minimum absolute atomic E-state index is 0.155. The zero-order valence-corrected chi connectivity index (χ0v) is 17.1. The number of anilines is 1. The lowest BCUT2D eigenvalue weighted by Gasteiger charge is -2.40. The second kappa shape index (κ2) is 8.03. The molecular weight excluding hydrogens is 398 g/mol. The maximum Gasteiger partial charge on any atom is 0.257 e. The number of aliphatic hydroxyl groups excluding tert-OH is 1. The van der Waals surface area contributed by atoms with E-state index in [1.54, 1.807) is 60.7 Å². The van der Waals surface area contributed by atoms with Gasteiger partial charge in [-0.3, -0.25) is 4.79 Å². The lowest BCUT2D eigenvalue weighted by atomic mass is 9.76. The first-order valence-corrected chi connectivity index (χ1v) is 9.76. The van der Waals surface area contributed by atoms with Crippen molar-refractivity contribution in [3.63, 3.8) is 0 Å². The summed E-state index contributed by atoms with van der Waals surface area (Å²) < 4.78 is 10.9. The second-order valence-corrected chi connectivity index (χ2v) is 7.41. The first kappa shape index (κ1) is 20.9. The maximum atomic E-state index is 12.6. The van der Waals surface area contributed by atoms with Crippen LogP contribution >= 0.6 is 0 Å². The van der Waals surface area contributed by atoms with Crippen LogP contribution in [0.3, 0.4) is 0 Å². The zero-order valence-electron chi connectivity index (χ0n) is 17.1. The molecule has 3 aromatic rings. The topological polar surface area (TPSA) is 112 Å². The molecule has 1 aliphatic rings. The number of furan rings is 1. The summed E-state index contributed by atoms with van der Waals surface area (Å²) in [4.78, 5) is 12.6. The summed E-state index contributed by atoms with van der Waals surface area (Å²) in [5.41, 5.74) is 0.119. The summed E-state index contributed by atoms with van der Waals surface area (Å²) in [6.07, 6.45) is 0.449.